The van der Waals surface area contributed by atoms with Crippen molar-refractivity contribution >= 4 is 17.8 Å². The van der Waals surface area contributed by atoms with Crippen LogP contribution in [-0.2, 0) is 9.59 Å². The lowest BCUT2D eigenvalue weighted by molar-refractivity contribution is -0.153. The second-order valence-corrected chi connectivity index (χ2v) is 7.24. The number of carbonyl (C=O) groups excluding carboxylic acids is 3. The van der Waals surface area contributed by atoms with E-state index in [1.165, 1.54) is 22.6 Å². The first-order valence-corrected chi connectivity index (χ1v) is 9.35. The molecule has 3 rings (SSSR count). The molecule has 2 aliphatic carbocycles. The summed E-state index contributed by atoms with van der Waals surface area (Å²) in [7, 11) is 0. The summed E-state index contributed by atoms with van der Waals surface area (Å²) in [5.41, 5.74) is 0. The number of carbonyl (C=O) groups is 3. The molecule has 0 bridgehead atoms. The van der Waals surface area contributed by atoms with Crippen molar-refractivity contribution in [2.24, 2.45) is 5.92 Å². The monoisotopic (exact) mass is 320 g/mol. The Morgan fingerprint density at radius 1 is 0.739 bits per heavy atom. The van der Waals surface area contributed by atoms with Crippen LogP contribution in [0.15, 0.2) is 0 Å². The van der Waals surface area contributed by atoms with E-state index in [9.17, 15) is 14.4 Å². The molecule has 3 fully saturated rings. The second kappa shape index (κ2) is 7.02. The second-order valence-electron chi connectivity index (χ2n) is 7.24. The molecule has 2 saturated carbocycles. The van der Waals surface area contributed by atoms with Gasteiger partial charge in [0.2, 0.25) is 11.8 Å². The average molecular weight is 320 g/mol. The molecule has 1 heterocycles. The normalized spacial score (nSPS) is 26.2. The van der Waals surface area contributed by atoms with Crippen LogP contribution in [0.2, 0.25) is 0 Å². The van der Waals surface area contributed by atoms with Crippen molar-refractivity contribution in [1.82, 2.24) is 9.80 Å². The lowest BCUT2D eigenvalue weighted by Gasteiger charge is -2.45. The highest BCUT2D eigenvalue weighted by atomic mass is 16.2. The summed E-state index contributed by atoms with van der Waals surface area (Å²) in [6.07, 6.45) is 10.7. The fraction of sp³-hybridized carbons (Fsp3) is 0.833. The summed E-state index contributed by atoms with van der Waals surface area (Å²) in [5.74, 6) is -1.15. The minimum absolute atomic E-state index is 0.00279. The van der Waals surface area contributed by atoms with Crippen LogP contribution in [-0.4, -0.2) is 39.7 Å². The van der Waals surface area contributed by atoms with Crippen LogP contribution in [0, 0.1) is 5.92 Å². The maximum atomic E-state index is 13.0. The van der Waals surface area contributed by atoms with Gasteiger partial charge in [-0.25, -0.2) is 4.79 Å². The van der Waals surface area contributed by atoms with Gasteiger partial charge in [-0.05, 0) is 32.1 Å². The Kier molecular flexibility index (Phi) is 5.02. The summed E-state index contributed by atoms with van der Waals surface area (Å²) >= 11 is 0. The summed E-state index contributed by atoms with van der Waals surface area (Å²) in [6.45, 7) is 1.87. The van der Waals surface area contributed by atoms with E-state index in [4.69, 9.17) is 0 Å². The molecule has 4 amide bonds. The van der Waals surface area contributed by atoms with Crippen LogP contribution < -0.4 is 0 Å². The van der Waals surface area contributed by atoms with Crippen molar-refractivity contribution in [2.45, 2.75) is 89.6 Å². The van der Waals surface area contributed by atoms with E-state index in [0.717, 1.165) is 51.4 Å². The molecule has 0 N–H and O–H groups in total. The molecule has 0 radical (unpaired) electrons. The number of hydrogen-bond acceptors (Lipinski definition) is 3. The van der Waals surface area contributed by atoms with Gasteiger partial charge >= 0.3 is 6.03 Å². The van der Waals surface area contributed by atoms with Gasteiger partial charge in [-0.3, -0.25) is 19.4 Å². The molecule has 0 aromatic rings. The van der Waals surface area contributed by atoms with Crippen molar-refractivity contribution in [2.75, 3.05) is 0 Å². The molecule has 0 unspecified atom stereocenters. The van der Waals surface area contributed by atoms with Gasteiger partial charge in [0.05, 0.1) is 0 Å². The Balaban J connectivity index is 1.87. The van der Waals surface area contributed by atoms with Crippen LogP contribution >= 0.6 is 0 Å². The molecular weight excluding hydrogens is 292 g/mol. The molecule has 0 spiro atoms. The highest BCUT2D eigenvalue weighted by molar-refractivity contribution is 6.16. The first kappa shape index (κ1) is 16.5. The number of urea groups is 1. The molecule has 5 nitrogen and oxygen atoms in total. The lowest BCUT2D eigenvalue weighted by Crippen LogP contribution is -2.64. The number of rotatable bonds is 3. The minimum Gasteiger partial charge on any atom is -0.273 e. The van der Waals surface area contributed by atoms with Crippen LogP contribution in [0.4, 0.5) is 4.79 Å². The Bertz CT molecular complexity index is 439. The Labute approximate surface area is 138 Å². The van der Waals surface area contributed by atoms with Crippen LogP contribution in [0.25, 0.3) is 0 Å². The van der Waals surface area contributed by atoms with E-state index in [1.807, 2.05) is 6.92 Å². The summed E-state index contributed by atoms with van der Waals surface area (Å²) in [4.78, 5) is 41.5. The molecule has 128 valence electrons. The number of imide groups is 2. The van der Waals surface area contributed by atoms with Gasteiger partial charge in [0.1, 0.15) is 5.92 Å². The van der Waals surface area contributed by atoms with Gasteiger partial charge < -0.3 is 0 Å². The third-order valence-corrected chi connectivity index (χ3v) is 5.77. The predicted molar refractivity (Wildman–Crippen MR) is 86.6 cm³/mol. The lowest BCUT2D eigenvalue weighted by atomic mass is 9.89. The smallest absolute Gasteiger partial charge is 0.273 e. The van der Waals surface area contributed by atoms with E-state index < -0.39 is 5.92 Å². The molecule has 0 aromatic carbocycles. The third-order valence-electron chi connectivity index (χ3n) is 5.77. The van der Waals surface area contributed by atoms with E-state index in [-0.39, 0.29) is 29.9 Å². The highest BCUT2D eigenvalue weighted by Gasteiger charge is 2.49. The maximum Gasteiger partial charge on any atom is 0.333 e. The quantitative estimate of drug-likeness (QED) is 0.748. The summed E-state index contributed by atoms with van der Waals surface area (Å²) in [6, 6.07) is -0.336. The van der Waals surface area contributed by atoms with Crippen molar-refractivity contribution < 1.29 is 14.4 Å². The van der Waals surface area contributed by atoms with Crippen molar-refractivity contribution in [3.63, 3.8) is 0 Å². The number of nitrogens with zero attached hydrogens (tertiary/aromatic N) is 2. The number of amides is 4. The van der Waals surface area contributed by atoms with Gasteiger partial charge in [-0.2, -0.15) is 0 Å². The molecule has 3 aliphatic rings. The highest BCUT2D eigenvalue weighted by Crippen LogP contribution is 2.33. The van der Waals surface area contributed by atoms with Gasteiger partial charge in [-0.15, -0.1) is 0 Å². The molecule has 23 heavy (non-hydrogen) atoms. The molecule has 1 saturated heterocycles. The number of barbiturate groups is 1. The van der Waals surface area contributed by atoms with Gasteiger partial charge in [-0.1, -0.05) is 45.4 Å². The van der Waals surface area contributed by atoms with Gasteiger partial charge in [0.25, 0.3) is 0 Å². The SMILES string of the molecule is CCC1C(=O)N(C2CCCCC2)C(=O)N(C2CCCCC2)C1=O. The van der Waals surface area contributed by atoms with Crippen molar-refractivity contribution in [3.05, 3.63) is 0 Å². The van der Waals surface area contributed by atoms with Crippen molar-refractivity contribution in [3.8, 4) is 0 Å². The first-order chi connectivity index (χ1) is 11.1. The van der Waals surface area contributed by atoms with Gasteiger partial charge in [0, 0.05) is 12.1 Å². The Hall–Kier alpha value is -1.39. The first-order valence-electron chi connectivity index (χ1n) is 9.35. The maximum absolute atomic E-state index is 13.0. The van der Waals surface area contributed by atoms with E-state index in [2.05, 4.69) is 0 Å². The zero-order valence-corrected chi connectivity index (χ0v) is 14.1. The average Bonchev–Trinajstić information content (AvgIpc) is 2.57. The molecule has 0 aromatic heterocycles. The predicted octanol–water partition coefficient (Wildman–Crippen LogP) is 3.47. The van der Waals surface area contributed by atoms with Crippen molar-refractivity contribution in [1.29, 1.82) is 0 Å². The van der Waals surface area contributed by atoms with E-state index in [1.54, 1.807) is 0 Å². The van der Waals surface area contributed by atoms with E-state index >= 15 is 0 Å². The third kappa shape index (κ3) is 3.02. The Morgan fingerprint density at radius 3 is 1.48 bits per heavy atom. The fourth-order valence-corrected chi connectivity index (χ4v) is 4.45. The minimum atomic E-state index is -0.656. The largest absolute Gasteiger partial charge is 0.333 e. The number of hydrogen-bond donors (Lipinski definition) is 0. The fourth-order valence-electron chi connectivity index (χ4n) is 4.45. The van der Waals surface area contributed by atoms with Crippen LogP contribution in [0.5, 0.6) is 0 Å². The van der Waals surface area contributed by atoms with Gasteiger partial charge in [0.15, 0.2) is 0 Å². The molecule has 1 aliphatic heterocycles. The molecule has 0 atom stereocenters. The topological polar surface area (TPSA) is 57.7 Å². The molecule has 5 heteroatoms. The molecular formula is C18H28N2O3. The summed E-state index contributed by atoms with van der Waals surface area (Å²) in [5, 5.41) is 0. The summed E-state index contributed by atoms with van der Waals surface area (Å²) < 4.78 is 0. The van der Waals surface area contributed by atoms with Crippen LogP contribution in [0.1, 0.15) is 77.6 Å². The van der Waals surface area contributed by atoms with E-state index in [0.29, 0.717) is 6.42 Å². The zero-order chi connectivity index (χ0) is 16.4. The Morgan fingerprint density at radius 2 is 1.13 bits per heavy atom. The zero-order valence-electron chi connectivity index (χ0n) is 14.1. The van der Waals surface area contributed by atoms with Crippen LogP contribution in [0.3, 0.4) is 0 Å². The standard InChI is InChI=1S/C18H28N2O3/c1-2-15-16(21)19(13-9-5-3-6-10-13)18(23)20(17(15)22)14-11-7-4-8-12-14/h13-15H,2-12H2,1H3.